The monoisotopic (exact) mass is 487 g/mol. The van der Waals surface area contributed by atoms with Gasteiger partial charge >= 0.3 is 0 Å². The maximum Gasteiger partial charge on any atom is 0.192 e. The SMILES string of the molecule is CCNC(=NCc1csc(N(C)C)n1)NC(C)c1ccc(CC)cc1.I. The van der Waals surface area contributed by atoms with E-state index >= 15 is 0 Å². The second-order valence-electron chi connectivity index (χ2n) is 6.17. The molecule has 2 rings (SSSR count). The number of rotatable bonds is 7. The van der Waals surface area contributed by atoms with Gasteiger partial charge in [-0.15, -0.1) is 35.3 Å². The van der Waals surface area contributed by atoms with Crippen molar-refractivity contribution in [2.45, 2.75) is 39.8 Å². The van der Waals surface area contributed by atoms with Crippen LogP contribution in [0.4, 0.5) is 5.13 Å². The van der Waals surface area contributed by atoms with Gasteiger partial charge in [0.2, 0.25) is 0 Å². The van der Waals surface area contributed by atoms with E-state index in [1.807, 2.05) is 19.0 Å². The zero-order chi connectivity index (χ0) is 18.2. The minimum Gasteiger partial charge on any atom is -0.357 e. The molecule has 0 aliphatic rings. The number of aliphatic imine (C=N–C) groups is 1. The number of hydrogen-bond acceptors (Lipinski definition) is 4. The molecule has 5 nitrogen and oxygen atoms in total. The number of benzene rings is 1. The van der Waals surface area contributed by atoms with Gasteiger partial charge in [-0.05, 0) is 31.4 Å². The fourth-order valence-corrected chi connectivity index (χ4v) is 3.13. The number of nitrogens with one attached hydrogen (secondary N) is 2. The summed E-state index contributed by atoms with van der Waals surface area (Å²) >= 11 is 1.64. The van der Waals surface area contributed by atoms with E-state index < -0.39 is 0 Å². The summed E-state index contributed by atoms with van der Waals surface area (Å²) in [4.78, 5) is 11.3. The van der Waals surface area contributed by atoms with Crippen LogP contribution in [0.5, 0.6) is 0 Å². The lowest BCUT2D eigenvalue weighted by Gasteiger charge is -2.18. The number of aryl methyl sites for hydroxylation is 1. The molecule has 0 saturated carbocycles. The fourth-order valence-electron chi connectivity index (χ4n) is 2.38. The topological polar surface area (TPSA) is 52.6 Å². The molecule has 0 aliphatic carbocycles. The summed E-state index contributed by atoms with van der Waals surface area (Å²) in [6.45, 7) is 7.80. The highest BCUT2D eigenvalue weighted by Crippen LogP contribution is 2.18. The fraction of sp³-hybridized carbons (Fsp3) is 0.474. The Kier molecular flexibility index (Phi) is 9.93. The molecule has 0 saturated heterocycles. The Balaban J connectivity index is 0.00000338. The second kappa shape index (κ2) is 11.4. The van der Waals surface area contributed by atoms with Gasteiger partial charge in [0.05, 0.1) is 18.3 Å². The van der Waals surface area contributed by atoms with Gasteiger partial charge in [0, 0.05) is 26.0 Å². The Morgan fingerprint density at radius 1 is 1.23 bits per heavy atom. The van der Waals surface area contributed by atoms with Gasteiger partial charge in [0.1, 0.15) is 0 Å². The van der Waals surface area contributed by atoms with E-state index in [4.69, 9.17) is 0 Å². The summed E-state index contributed by atoms with van der Waals surface area (Å²) in [5.41, 5.74) is 3.61. The maximum atomic E-state index is 4.68. The maximum absolute atomic E-state index is 4.68. The van der Waals surface area contributed by atoms with Crippen molar-refractivity contribution in [1.82, 2.24) is 15.6 Å². The van der Waals surface area contributed by atoms with Crippen LogP contribution in [0.3, 0.4) is 0 Å². The Labute approximate surface area is 178 Å². The third kappa shape index (κ3) is 6.75. The molecule has 7 heteroatoms. The molecular formula is C19H30IN5S. The van der Waals surface area contributed by atoms with Crippen LogP contribution in [-0.2, 0) is 13.0 Å². The van der Waals surface area contributed by atoms with Crippen molar-refractivity contribution in [2.75, 3.05) is 25.5 Å². The van der Waals surface area contributed by atoms with Crippen molar-refractivity contribution in [1.29, 1.82) is 0 Å². The molecule has 1 heterocycles. The van der Waals surface area contributed by atoms with E-state index in [-0.39, 0.29) is 30.0 Å². The average molecular weight is 487 g/mol. The molecule has 26 heavy (non-hydrogen) atoms. The quantitative estimate of drug-likeness (QED) is 0.349. The Morgan fingerprint density at radius 2 is 1.92 bits per heavy atom. The van der Waals surface area contributed by atoms with E-state index in [0.29, 0.717) is 6.54 Å². The number of halogens is 1. The van der Waals surface area contributed by atoms with Gasteiger partial charge in [-0.3, -0.25) is 0 Å². The number of thiazole rings is 1. The molecule has 0 bridgehead atoms. The summed E-state index contributed by atoms with van der Waals surface area (Å²) in [7, 11) is 4.01. The third-order valence-electron chi connectivity index (χ3n) is 3.91. The van der Waals surface area contributed by atoms with E-state index in [1.54, 1.807) is 11.3 Å². The molecule has 144 valence electrons. The van der Waals surface area contributed by atoms with Crippen molar-refractivity contribution in [3.05, 3.63) is 46.5 Å². The van der Waals surface area contributed by atoms with Gasteiger partial charge in [-0.2, -0.15) is 0 Å². The molecule has 2 aromatic rings. The summed E-state index contributed by atoms with van der Waals surface area (Å²) in [6, 6.07) is 8.94. The van der Waals surface area contributed by atoms with Crippen LogP contribution in [0.2, 0.25) is 0 Å². The van der Waals surface area contributed by atoms with Crippen molar-refractivity contribution in [3.63, 3.8) is 0 Å². The lowest BCUT2D eigenvalue weighted by atomic mass is 10.1. The number of aromatic nitrogens is 1. The molecular weight excluding hydrogens is 457 g/mol. The van der Waals surface area contributed by atoms with Gasteiger partial charge < -0.3 is 15.5 Å². The molecule has 0 fully saturated rings. The first-order valence-corrected chi connectivity index (χ1v) is 9.66. The minimum atomic E-state index is 0. The van der Waals surface area contributed by atoms with Crippen LogP contribution in [0.1, 0.15) is 43.6 Å². The number of guanidine groups is 1. The first-order chi connectivity index (χ1) is 12.0. The van der Waals surface area contributed by atoms with Gasteiger partial charge in [0.25, 0.3) is 0 Å². The summed E-state index contributed by atoms with van der Waals surface area (Å²) in [6.07, 6.45) is 1.06. The second-order valence-corrected chi connectivity index (χ2v) is 7.01. The van der Waals surface area contributed by atoms with Crippen LogP contribution in [0, 0.1) is 0 Å². The Bertz CT molecular complexity index is 681. The van der Waals surface area contributed by atoms with Crippen molar-refractivity contribution in [3.8, 4) is 0 Å². The molecule has 1 aromatic carbocycles. The highest BCUT2D eigenvalue weighted by molar-refractivity contribution is 14.0. The van der Waals surface area contributed by atoms with Crippen LogP contribution in [0.25, 0.3) is 0 Å². The largest absolute Gasteiger partial charge is 0.357 e. The number of nitrogens with zero attached hydrogens (tertiary/aromatic N) is 3. The van der Waals surface area contributed by atoms with Gasteiger partial charge in [-0.25, -0.2) is 9.98 Å². The molecule has 0 amide bonds. The van der Waals surface area contributed by atoms with Crippen LogP contribution < -0.4 is 15.5 Å². The molecule has 0 aliphatic heterocycles. The summed E-state index contributed by atoms with van der Waals surface area (Å²) in [5, 5.41) is 9.86. The van der Waals surface area contributed by atoms with Gasteiger partial charge in [-0.1, -0.05) is 31.2 Å². The zero-order valence-electron chi connectivity index (χ0n) is 16.2. The van der Waals surface area contributed by atoms with E-state index in [1.165, 1.54) is 11.1 Å². The van der Waals surface area contributed by atoms with E-state index in [0.717, 1.165) is 29.8 Å². The Hall–Kier alpha value is -1.35. The normalized spacial score (nSPS) is 12.3. The standard InChI is InChI=1S/C19H29N5S.HI/c1-6-15-8-10-16(11-9-15)14(3)22-18(20-7-2)21-12-17-13-25-19(23-17)24(4)5;/h8-11,13-14H,6-7,12H2,1-5H3,(H2,20,21,22);1H. The first-order valence-electron chi connectivity index (χ1n) is 8.78. The van der Waals surface area contributed by atoms with Gasteiger partial charge in [0.15, 0.2) is 11.1 Å². The average Bonchev–Trinajstić information content (AvgIpc) is 3.09. The smallest absolute Gasteiger partial charge is 0.192 e. The lowest BCUT2D eigenvalue weighted by molar-refractivity contribution is 0.685. The van der Waals surface area contributed by atoms with Crippen LogP contribution >= 0.6 is 35.3 Å². The van der Waals surface area contributed by atoms with Crippen LogP contribution in [-0.4, -0.2) is 31.6 Å². The highest BCUT2D eigenvalue weighted by Gasteiger charge is 2.08. The first kappa shape index (κ1) is 22.7. The molecule has 1 unspecified atom stereocenters. The number of anilines is 1. The zero-order valence-corrected chi connectivity index (χ0v) is 19.4. The van der Waals surface area contributed by atoms with E-state index in [2.05, 4.69) is 71.0 Å². The van der Waals surface area contributed by atoms with Crippen LogP contribution in [0.15, 0.2) is 34.6 Å². The third-order valence-corrected chi connectivity index (χ3v) is 4.96. The molecule has 0 spiro atoms. The highest BCUT2D eigenvalue weighted by atomic mass is 127. The van der Waals surface area contributed by atoms with E-state index in [9.17, 15) is 0 Å². The molecule has 1 atom stereocenters. The van der Waals surface area contributed by atoms with Crippen molar-refractivity contribution in [2.24, 2.45) is 4.99 Å². The molecule has 0 radical (unpaired) electrons. The lowest BCUT2D eigenvalue weighted by Crippen LogP contribution is -2.38. The van der Waals surface area contributed by atoms with Crippen molar-refractivity contribution < 1.29 is 0 Å². The predicted molar refractivity (Wildman–Crippen MR) is 124 cm³/mol. The summed E-state index contributed by atoms with van der Waals surface area (Å²) in [5.74, 6) is 0.814. The molecule has 2 N–H and O–H groups in total. The van der Waals surface area contributed by atoms with Crippen molar-refractivity contribution >= 4 is 46.4 Å². The Morgan fingerprint density at radius 3 is 2.46 bits per heavy atom. The predicted octanol–water partition coefficient (Wildman–Crippen LogP) is 4.21. The minimum absolute atomic E-state index is 0. The summed E-state index contributed by atoms with van der Waals surface area (Å²) < 4.78 is 0. The number of hydrogen-bond donors (Lipinski definition) is 2. The molecule has 1 aromatic heterocycles.